The molecule has 0 aliphatic rings. The summed E-state index contributed by atoms with van der Waals surface area (Å²) in [6.07, 6.45) is 9.15. The normalized spacial score (nSPS) is 11.7. The third-order valence-corrected chi connectivity index (χ3v) is 4.33. The maximum atomic E-state index is 12.6. The van der Waals surface area contributed by atoms with Crippen molar-refractivity contribution in [2.24, 2.45) is 5.73 Å². The topological polar surface area (TPSA) is 125 Å². The Kier molecular flexibility index (Phi) is 7.08. The number of carbonyl (C=O) groups excluding carboxylic acids is 2. The van der Waals surface area contributed by atoms with Crippen molar-refractivity contribution in [2.45, 2.75) is 26.8 Å². The number of pyridine rings is 1. The van der Waals surface area contributed by atoms with Crippen LogP contribution in [-0.4, -0.2) is 38.9 Å². The van der Waals surface area contributed by atoms with Gasteiger partial charge >= 0.3 is 5.97 Å². The maximum absolute atomic E-state index is 12.6. The molecule has 152 valence electrons. The molecule has 0 bridgehead atoms. The summed E-state index contributed by atoms with van der Waals surface area (Å²) in [5.41, 5.74) is 7.48. The number of aliphatic carboxylic acids is 1. The standard InChI is InChI=1S/C21H23N3O5/c1-4-7-8-13(5-2)11-24-14(6-3)17(19(27)20(22)28)18-15(24)9-10-23-21(18)29-12-16(25)26/h4-5,7-10H,1,6,11-12H2,2-3H3,(H2,22,28)(H,25,26)/b8-7-,13-5+. The van der Waals surface area contributed by atoms with E-state index >= 15 is 0 Å². The first kappa shape index (κ1) is 21.6. The second kappa shape index (κ2) is 9.50. The molecule has 8 nitrogen and oxygen atoms in total. The number of hydrogen-bond acceptors (Lipinski definition) is 5. The van der Waals surface area contributed by atoms with Gasteiger partial charge in [-0.2, -0.15) is 0 Å². The lowest BCUT2D eigenvalue weighted by atomic mass is 10.1. The summed E-state index contributed by atoms with van der Waals surface area (Å²) in [5, 5.41) is 9.21. The fourth-order valence-corrected chi connectivity index (χ4v) is 3.09. The van der Waals surface area contributed by atoms with Crippen molar-refractivity contribution in [3.63, 3.8) is 0 Å². The summed E-state index contributed by atoms with van der Waals surface area (Å²) < 4.78 is 7.17. The SMILES string of the molecule is C=C/C=C\C(=C/C)Cn1c(CC)c(C(=O)C(N)=O)c2c(OCC(=O)O)nccc21. The minimum absolute atomic E-state index is 0.0355. The largest absolute Gasteiger partial charge is 0.479 e. The molecule has 8 heteroatoms. The molecule has 0 atom stereocenters. The number of rotatable bonds is 10. The van der Waals surface area contributed by atoms with Crippen LogP contribution in [0.1, 0.15) is 29.9 Å². The zero-order chi connectivity index (χ0) is 21.6. The van der Waals surface area contributed by atoms with E-state index in [9.17, 15) is 14.4 Å². The van der Waals surface area contributed by atoms with E-state index in [4.69, 9.17) is 15.6 Å². The predicted molar refractivity (Wildman–Crippen MR) is 109 cm³/mol. The summed E-state index contributed by atoms with van der Waals surface area (Å²) in [4.78, 5) is 39.3. The maximum Gasteiger partial charge on any atom is 0.341 e. The van der Waals surface area contributed by atoms with Crippen LogP contribution in [0.3, 0.4) is 0 Å². The molecule has 0 aliphatic heterocycles. The number of allylic oxidation sites excluding steroid dienone is 5. The van der Waals surface area contributed by atoms with Crippen molar-refractivity contribution in [1.82, 2.24) is 9.55 Å². The number of carboxylic acid groups (broad SMARTS) is 1. The molecule has 2 heterocycles. The third kappa shape index (κ3) is 4.60. The highest BCUT2D eigenvalue weighted by Crippen LogP contribution is 2.34. The van der Waals surface area contributed by atoms with Crippen LogP contribution in [0.15, 0.2) is 48.7 Å². The summed E-state index contributed by atoms with van der Waals surface area (Å²) >= 11 is 0. The van der Waals surface area contributed by atoms with E-state index < -0.39 is 24.3 Å². The number of carboxylic acids is 1. The number of aromatic nitrogens is 2. The average molecular weight is 397 g/mol. The minimum atomic E-state index is -1.19. The monoisotopic (exact) mass is 397 g/mol. The molecule has 2 aromatic rings. The Hall–Kier alpha value is -3.68. The summed E-state index contributed by atoms with van der Waals surface area (Å²) in [5.74, 6) is -3.20. The van der Waals surface area contributed by atoms with Crippen molar-refractivity contribution in [3.8, 4) is 5.88 Å². The van der Waals surface area contributed by atoms with E-state index in [1.165, 1.54) is 6.20 Å². The van der Waals surface area contributed by atoms with Gasteiger partial charge in [0.1, 0.15) is 0 Å². The highest BCUT2D eigenvalue weighted by molar-refractivity contribution is 6.45. The van der Waals surface area contributed by atoms with E-state index in [0.717, 1.165) is 5.57 Å². The fourth-order valence-electron chi connectivity index (χ4n) is 3.09. The van der Waals surface area contributed by atoms with E-state index in [-0.39, 0.29) is 16.8 Å². The molecule has 0 aliphatic carbocycles. The quantitative estimate of drug-likeness (QED) is 0.360. The molecule has 2 aromatic heterocycles. The molecule has 0 aromatic carbocycles. The van der Waals surface area contributed by atoms with Gasteiger partial charge in [-0.05, 0) is 25.0 Å². The van der Waals surface area contributed by atoms with Crippen LogP contribution in [0, 0.1) is 0 Å². The van der Waals surface area contributed by atoms with E-state index in [1.807, 2.05) is 30.6 Å². The zero-order valence-electron chi connectivity index (χ0n) is 16.3. The van der Waals surface area contributed by atoms with Gasteiger partial charge in [-0.1, -0.05) is 37.8 Å². The molecule has 3 N–H and O–H groups in total. The van der Waals surface area contributed by atoms with E-state index in [0.29, 0.717) is 24.2 Å². The first-order valence-corrected chi connectivity index (χ1v) is 8.98. The highest BCUT2D eigenvalue weighted by Gasteiger charge is 2.28. The lowest BCUT2D eigenvalue weighted by molar-refractivity contribution is -0.139. The number of hydrogen-bond donors (Lipinski definition) is 2. The van der Waals surface area contributed by atoms with Crippen LogP contribution in [0.2, 0.25) is 0 Å². The molecule has 0 fully saturated rings. The van der Waals surface area contributed by atoms with Crippen molar-refractivity contribution < 1.29 is 24.2 Å². The van der Waals surface area contributed by atoms with E-state index in [1.54, 1.807) is 18.2 Å². The molecule has 0 saturated carbocycles. The Morgan fingerprint density at radius 2 is 2.10 bits per heavy atom. The van der Waals surface area contributed by atoms with Gasteiger partial charge in [0.15, 0.2) is 6.61 Å². The Morgan fingerprint density at radius 3 is 2.66 bits per heavy atom. The van der Waals surface area contributed by atoms with Gasteiger partial charge in [0.25, 0.3) is 11.7 Å². The fraction of sp³-hybridized carbons (Fsp3) is 0.238. The number of ketones is 1. The Labute approximate surface area is 168 Å². The van der Waals surface area contributed by atoms with Gasteiger partial charge in [-0.25, -0.2) is 9.78 Å². The van der Waals surface area contributed by atoms with Gasteiger partial charge < -0.3 is 20.1 Å². The van der Waals surface area contributed by atoms with Crippen LogP contribution >= 0.6 is 0 Å². The molecule has 1 amide bonds. The lowest BCUT2D eigenvalue weighted by Gasteiger charge is -2.11. The van der Waals surface area contributed by atoms with Gasteiger partial charge in [0.2, 0.25) is 5.88 Å². The first-order valence-electron chi connectivity index (χ1n) is 8.98. The third-order valence-electron chi connectivity index (χ3n) is 4.33. The first-order chi connectivity index (χ1) is 13.8. The van der Waals surface area contributed by atoms with Crippen molar-refractivity contribution in [2.75, 3.05) is 6.61 Å². The van der Waals surface area contributed by atoms with Crippen LogP contribution in [0.25, 0.3) is 10.9 Å². The number of fused-ring (bicyclic) bond motifs is 1. The Bertz CT molecular complexity index is 1030. The molecular weight excluding hydrogens is 374 g/mol. The summed E-state index contributed by atoms with van der Waals surface area (Å²) in [6.45, 7) is 7.18. The summed E-state index contributed by atoms with van der Waals surface area (Å²) in [6, 6.07) is 1.68. The molecule has 0 radical (unpaired) electrons. The minimum Gasteiger partial charge on any atom is -0.479 e. The van der Waals surface area contributed by atoms with Gasteiger partial charge in [-0.3, -0.25) is 9.59 Å². The second-order valence-electron chi connectivity index (χ2n) is 6.11. The zero-order valence-corrected chi connectivity index (χ0v) is 16.3. The number of ether oxygens (including phenoxy) is 1. The molecular formula is C21H23N3O5. The number of primary amides is 1. The van der Waals surface area contributed by atoms with Crippen molar-refractivity contribution in [1.29, 1.82) is 0 Å². The number of carbonyl (C=O) groups is 3. The van der Waals surface area contributed by atoms with E-state index in [2.05, 4.69) is 11.6 Å². The number of nitrogens with zero attached hydrogens (tertiary/aromatic N) is 2. The number of Topliss-reactive ketones (excluding diaryl/α,β-unsaturated/α-hetero) is 1. The smallest absolute Gasteiger partial charge is 0.341 e. The van der Waals surface area contributed by atoms with Crippen molar-refractivity contribution in [3.05, 3.63) is 60.0 Å². The molecule has 2 rings (SSSR count). The predicted octanol–water partition coefficient (Wildman–Crippen LogP) is 2.42. The van der Waals surface area contributed by atoms with Gasteiger partial charge in [0, 0.05) is 18.4 Å². The molecule has 0 unspecified atom stereocenters. The van der Waals surface area contributed by atoms with Crippen LogP contribution in [0.4, 0.5) is 0 Å². The Balaban J connectivity index is 2.80. The van der Waals surface area contributed by atoms with Crippen LogP contribution < -0.4 is 10.5 Å². The Morgan fingerprint density at radius 1 is 1.38 bits per heavy atom. The lowest BCUT2D eigenvalue weighted by Crippen LogP contribution is -2.24. The number of amides is 1. The molecule has 29 heavy (non-hydrogen) atoms. The van der Waals surface area contributed by atoms with Crippen molar-refractivity contribution >= 4 is 28.6 Å². The molecule has 0 saturated heterocycles. The van der Waals surface area contributed by atoms with Gasteiger partial charge in [-0.15, -0.1) is 0 Å². The highest BCUT2D eigenvalue weighted by atomic mass is 16.5. The molecule has 0 spiro atoms. The average Bonchev–Trinajstić information content (AvgIpc) is 3.02. The van der Waals surface area contributed by atoms with Crippen LogP contribution in [-0.2, 0) is 22.6 Å². The van der Waals surface area contributed by atoms with Crippen LogP contribution in [0.5, 0.6) is 5.88 Å². The summed E-state index contributed by atoms with van der Waals surface area (Å²) in [7, 11) is 0. The van der Waals surface area contributed by atoms with Gasteiger partial charge in [0.05, 0.1) is 16.5 Å². The second-order valence-corrected chi connectivity index (χ2v) is 6.11. The number of nitrogens with two attached hydrogens (primary N) is 1.